The average Bonchev–Trinajstić information content (AvgIpc) is 2.55. The van der Waals surface area contributed by atoms with Crippen molar-refractivity contribution in [3.63, 3.8) is 0 Å². The molecule has 146 valence electrons. The van der Waals surface area contributed by atoms with Gasteiger partial charge < -0.3 is 15.0 Å². The van der Waals surface area contributed by atoms with Gasteiger partial charge in [0.2, 0.25) is 0 Å². The molecule has 1 N–H and O–H groups in total. The van der Waals surface area contributed by atoms with Crippen molar-refractivity contribution in [3.05, 3.63) is 64.2 Å². The molecular weight excluding hydrogens is 391 g/mol. The zero-order chi connectivity index (χ0) is 17.4. The van der Waals surface area contributed by atoms with Gasteiger partial charge in [-0.05, 0) is 64.3 Å². The summed E-state index contributed by atoms with van der Waals surface area (Å²) in [4.78, 5) is 2.19. The van der Waals surface area contributed by atoms with Crippen LogP contribution in [0.2, 0.25) is 5.02 Å². The molecule has 0 saturated carbocycles. The lowest BCUT2D eigenvalue weighted by Crippen LogP contribution is -2.21. The normalized spacial score (nSPS) is 10.2. The second-order valence-electron chi connectivity index (χ2n) is 6.36. The minimum Gasteiger partial charge on any atom is -0.489 e. The number of halogens is 3. The zero-order valence-corrected chi connectivity index (χ0v) is 18.0. The zero-order valence-electron chi connectivity index (χ0n) is 15.6. The summed E-state index contributed by atoms with van der Waals surface area (Å²) in [6, 6.07) is 14.2. The first-order valence-corrected chi connectivity index (χ1v) is 8.74. The molecule has 0 fully saturated rings. The van der Waals surface area contributed by atoms with Gasteiger partial charge in [0, 0.05) is 17.1 Å². The molecule has 3 nitrogen and oxygen atoms in total. The lowest BCUT2D eigenvalue weighted by atomic mass is 10.1. The van der Waals surface area contributed by atoms with E-state index in [1.165, 1.54) is 11.1 Å². The minimum atomic E-state index is 0. The highest BCUT2D eigenvalue weighted by Gasteiger charge is 2.05. The average molecular weight is 420 g/mol. The van der Waals surface area contributed by atoms with Gasteiger partial charge in [-0.15, -0.1) is 24.8 Å². The van der Waals surface area contributed by atoms with Gasteiger partial charge in [0.1, 0.15) is 12.4 Å². The van der Waals surface area contributed by atoms with E-state index in [0.29, 0.717) is 6.61 Å². The van der Waals surface area contributed by atoms with E-state index in [2.05, 4.69) is 55.5 Å². The predicted octanol–water partition coefficient (Wildman–Crippen LogP) is 5.11. The summed E-state index contributed by atoms with van der Waals surface area (Å²) in [7, 11) is 4.18. The molecule has 0 bridgehead atoms. The number of rotatable bonds is 9. The predicted molar refractivity (Wildman–Crippen MR) is 116 cm³/mol. The van der Waals surface area contributed by atoms with Crippen LogP contribution >= 0.6 is 36.4 Å². The number of aryl methyl sites for hydroxylation is 1. The van der Waals surface area contributed by atoms with E-state index >= 15 is 0 Å². The maximum atomic E-state index is 6.14. The summed E-state index contributed by atoms with van der Waals surface area (Å²) >= 11 is 6.14. The van der Waals surface area contributed by atoms with Crippen molar-refractivity contribution in [2.45, 2.75) is 26.5 Å². The van der Waals surface area contributed by atoms with Crippen LogP contribution in [0.15, 0.2) is 42.5 Å². The summed E-state index contributed by atoms with van der Waals surface area (Å²) < 4.78 is 6.01. The van der Waals surface area contributed by atoms with E-state index < -0.39 is 0 Å². The molecule has 0 amide bonds. The maximum absolute atomic E-state index is 6.14. The molecular formula is C20H29Cl3N2O. The number of hydrogen-bond acceptors (Lipinski definition) is 3. The van der Waals surface area contributed by atoms with Crippen LogP contribution in [0.3, 0.4) is 0 Å². The van der Waals surface area contributed by atoms with Crippen LogP contribution in [-0.2, 0) is 13.2 Å². The van der Waals surface area contributed by atoms with Gasteiger partial charge in [-0.25, -0.2) is 0 Å². The second kappa shape index (κ2) is 13.2. The molecule has 0 aliphatic heterocycles. The molecule has 0 aliphatic carbocycles. The lowest BCUT2D eigenvalue weighted by molar-refractivity contribution is 0.302. The molecule has 0 radical (unpaired) electrons. The Balaban J connectivity index is 0.00000312. The van der Waals surface area contributed by atoms with Crippen molar-refractivity contribution in [3.8, 4) is 5.75 Å². The van der Waals surface area contributed by atoms with Crippen LogP contribution in [-0.4, -0.2) is 32.1 Å². The first kappa shape index (κ1) is 25.0. The lowest BCUT2D eigenvalue weighted by Gasteiger charge is -2.14. The topological polar surface area (TPSA) is 24.5 Å². The van der Waals surface area contributed by atoms with Crippen LogP contribution in [0, 0.1) is 6.92 Å². The Kier molecular flexibility index (Phi) is 12.7. The van der Waals surface area contributed by atoms with E-state index in [0.717, 1.165) is 42.4 Å². The smallest absolute Gasteiger partial charge is 0.124 e. The van der Waals surface area contributed by atoms with Gasteiger partial charge in [-0.1, -0.05) is 41.4 Å². The van der Waals surface area contributed by atoms with Crippen molar-refractivity contribution in [2.24, 2.45) is 0 Å². The fraction of sp³-hybridized carbons (Fsp3) is 0.400. The van der Waals surface area contributed by atoms with Crippen molar-refractivity contribution >= 4 is 36.4 Å². The summed E-state index contributed by atoms with van der Waals surface area (Å²) in [6.07, 6.45) is 1.12. The van der Waals surface area contributed by atoms with Crippen LogP contribution in [0.5, 0.6) is 5.75 Å². The Morgan fingerprint density at radius 1 is 1.04 bits per heavy atom. The standard InChI is InChI=1S/C20H27ClN2O.2ClH/c1-16-5-7-17(8-6-16)15-24-20-10-9-19(21)13-18(20)14-22-11-4-12-23(2)3;;/h5-10,13,22H,4,11-12,14-15H2,1-3H3;2*1H. The molecule has 6 heteroatoms. The number of ether oxygens (including phenoxy) is 1. The highest BCUT2D eigenvalue weighted by Crippen LogP contribution is 2.24. The fourth-order valence-electron chi connectivity index (χ4n) is 2.42. The molecule has 26 heavy (non-hydrogen) atoms. The van der Waals surface area contributed by atoms with Crippen molar-refractivity contribution in [1.82, 2.24) is 10.2 Å². The van der Waals surface area contributed by atoms with Gasteiger partial charge in [-0.3, -0.25) is 0 Å². The quantitative estimate of drug-likeness (QED) is 0.571. The van der Waals surface area contributed by atoms with Crippen LogP contribution in [0.25, 0.3) is 0 Å². The van der Waals surface area contributed by atoms with E-state index in [9.17, 15) is 0 Å². The Labute approximate surface area is 174 Å². The van der Waals surface area contributed by atoms with Crippen LogP contribution in [0.4, 0.5) is 0 Å². The summed E-state index contributed by atoms with van der Waals surface area (Å²) in [5, 5.41) is 4.20. The molecule has 0 unspecified atom stereocenters. The van der Waals surface area contributed by atoms with Gasteiger partial charge in [0.25, 0.3) is 0 Å². The molecule has 2 aromatic rings. The Morgan fingerprint density at radius 3 is 2.38 bits per heavy atom. The van der Waals surface area contributed by atoms with Gasteiger partial charge in [0.05, 0.1) is 0 Å². The molecule has 0 heterocycles. The Morgan fingerprint density at radius 2 is 1.73 bits per heavy atom. The fourth-order valence-corrected chi connectivity index (χ4v) is 2.61. The third-order valence-electron chi connectivity index (χ3n) is 3.81. The molecule has 0 saturated heterocycles. The number of nitrogens with one attached hydrogen (secondary N) is 1. The molecule has 0 spiro atoms. The van der Waals surface area contributed by atoms with Gasteiger partial charge >= 0.3 is 0 Å². The first-order chi connectivity index (χ1) is 11.5. The highest BCUT2D eigenvalue weighted by atomic mass is 35.5. The molecule has 0 aromatic heterocycles. The number of hydrogen-bond donors (Lipinski definition) is 1. The third-order valence-corrected chi connectivity index (χ3v) is 4.05. The molecule has 0 aliphatic rings. The van der Waals surface area contributed by atoms with Crippen molar-refractivity contribution < 1.29 is 4.74 Å². The second-order valence-corrected chi connectivity index (χ2v) is 6.80. The maximum Gasteiger partial charge on any atom is 0.124 e. The summed E-state index contributed by atoms with van der Waals surface area (Å²) in [6.45, 7) is 5.47. The Bertz CT molecular complexity index is 633. The van der Waals surface area contributed by atoms with Crippen molar-refractivity contribution in [1.29, 1.82) is 0 Å². The number of benzene rings is 2. The largest absolute Gasteiger partial charge is 0.489 e. The third kappa shape index (κ3) is 9.11. The van der Waals surface area contributed by atoms with E-state index in [-0.39, 0.29) is 24.8 Å². The van der Waals surface area contributed by atoms with Gasteiger partial charge in [-0.2, -0.15) is 0 Å². The summed E-state index contributed by atoms with van der Waals surface area (Å²) in [5.41, 5.74) is 3.52. The number of nitrogens with zero attached hydrogens (tertiary/aromatic N) is 1. The molecule has 2 rings (SSSR count). The van der Waals surface area contributed by atoms with E-state index in [1.807, 2.05) is 18.2 Å². The summed E-state index contributed by atoms with van der Waals surface area (Å²) in [5.74, 6) is 0.889. The van der Waals surface area contributed by atoms with Crippen molar-refractivity contribution in [2.75, 3.05) is 27.2 Å². The van der Waals surface area contributed by atoms with E-state index in [4.69, 9.17) is 16.3 Å². The Hall–Kier alpha value is -0.970. The minimum absolute atomic E-state index is 0. The van der Waals surface area contributed by atoms with Crippen LogP contribution < -0.4 is 10.1 Å². The van der Waals surface area contributed by atoms with Crippen LogP contribution in [0.1, 0.15) is 23.1 Å². The van der Waals surface area contributed by atoms with Gasteiger partial charge in [0.15, 0.2) is 0 Å². The highest BCUT2D eigenvalue weighted by molar-refractivity contribution is 6.30. The monoisotopic (exact) mass is 418 g/mol. The first-order valence-electron chi connectivity index (χ1n) is 8.37. The molecule has 2 aromatic carbocycles. The SMILES string of the molecule is Cc1ccc(COc2ccc(Cl)cc2CNCCCN(C)C)cc1.Cl.Cl. The van der Waals surface area contributed by atoms with E-state index in [1.54, 1.807) is 0 Å². The molecule has 0 atom stereocenters.